The topological polar surface area (TPSA) is 33.5 Å². The number of carbonyl (C=O) groups excluding carboxylic acids is 1. The zero-order chi connectivity index (χ0) is 13.7. The van der Waals surface area contributed by atoms with Crippen molar-refractivity contribution in [1.82, 2.24) is 0 Å². The second-order valence-corrected chi connectivity index (χ2v) is 4.42. The summed E-state index contributed by atoms with van der Waals surface area (Å²) in [7, 11) is 0. The molecule has 0 N–H and O–H groups in total. The first-order valence-electron chi connectivity index (χ1n) is 6.65. The minimum atomic E-state index is 0.181. The Balaban J connectivity index is 2.12. The minimum Gasteiger partial charge on any atom is -0.467 e. The molecule has 0 aliphatic rings. The van der Waals surface area contributed by atoms with Gasteiger partial charge in [0.05, 0.1) is 12.8 Å². The highest BCUT2D eigenvalue weighted by Gasteiger charge is 2.08. The minimum absolute atomic E-state index is 0.181. The fourth-order valence-corrected chi connectivity index (χ4v) is 2.04. The standard InChI is InChI=1S/C16H19NO2/c1-3-16(18)13-7-9-14(10-8-13)17(4-2)12-15-6-5-11-19-15/h5-11H,3-4,12H2,1-2H3. The normalized spacial score (nSPS) is 10.4. The second kappa shape index (κ2) is 6.23. The van der Waals surface area contributed by atoms with Crippen LogP contribution in [0, 0.1) is 0 Å². The van der Waals surface area contributed by atoms with Crippen LogP contribution in [-0.2, 0) is 6.54 Å². The number of carbonyl (C=O) groups is 1. The molecule has 1 heterocycles. The lowest BCUT2D eigenvalue weighted by Crippen LogP contribution is -2.21. The molecular weight excluding hydrogens is 238 g/mol. The van der Waals surface area contributed by atoms with Crippen molar-refractivity contribution >= 4 is 11.5 Å². The van der Waals surface area contributed by atoms with Gasteiger partial charge >= 0.3 is 0 Å². The van der Waals surface area contributed by atoms with Crippen molar-refractivity contribution in [3.63, 3.8) is 0 Å². The van der Waals surface area contributed by atoms with Gasteiger partial charge in [-0.2, -0.15) is 0 Å². The highest BCUT2D eigenvalue weighted by molar-refractivity contribution is 5.96. The largest absolute Gasteiger partial charge is 0.467 e. The molecule has 3 heteroatoms. The first kappa shape index (κ1) is 13.4. The molecule has 0 saturated heterocycles. The van der Waals surface area contributed by atoms with Gasteiger partial charge in [0.15, 0.2) is 5.78 Å². The Bertz CT molecular complexity index is 514. The van der Waals surface area contributed by atoms with Crippen LogP contribution >= 0.6 is 0 Å². The van der Waals surface area contributed by atoms with E-state index in [2.05, 4.69) is 11.8 Å². The van der Waals surface area contributed by atoms with E-state index in [4.69, 9.17) is 4.42 Å². The van der Waals surface area contributed by atoms with Crippen molar-refractivity contribution in [1.29, 1.82) is 0 Å². The molecule has 0 radical (unpaired) electrons. The van der Waals surface area contributed by atoms with Gasteiger partial charge in [-0.05, 0) is 43.3 Å². The SMILES string of the molecule is CCC(=O)c1ccc(N(CC)Cc2ccco2)cc1. The molecule has 0 fully saturated rings. The first-order chi connectivity index (χ1) is 9.24. The Morgan fingerprint density at radius 1 is 1.16 bits per heavy atom. The van der Waals surface area contributed by atoms with Crippen molar-refractivity contribution in [2.45, 2.75) is 26.8 Å². The number of anilines is 1. The highest BCUT2D eigenvalue weighted by atomic mass is 16.3. The summed E-state index contributed by atoms with van der Waals surface area (Å²) in [5.74, 6) is 1.12. The third kappa shape index (κ3) is 3.25. The van der Waals surface area contributed by atoms with Crippen LogP contribution in [0.5, 0.6) is 0 Å². The van der Waals surface area contributed by atoms with Crippen LogP contribution < -0.4 is 4.90 Å². The highest BCUT2D eigenvalue weighted by Crippen LogP contribution is 2.18. The molecule has 0 unspecified atom stereocenters. The predicted molar refractivity (Wildman–Crippen MR) is 76.5 cm³/mol. The Hall–Kier alpha value is -2.03. The summed E-state index contributed by atoms with van der Waals surface area (Å²) in [6.45, 7) is 5.62. The van der Waals surface area contributed by atoms with Crippen LogP contribution in [-0.4, -0.2) is 12.3 Å². The summed E-state index contributed by atoms with van der Waals surface area (Å²) >= 11 is 0. The lowest BCUT2D eigenvalue weighted by Gasteiger charge is -2.22. The number of nitrogens with zero attached hydrogens (tertiary/aromatic N) is 1. The third-order valence-corrected chi connectivity index (χ3v) is 3.18. The number of hydrogen-bond donors (Lipinski definition) is 0. The third-order valence-electron chi connectivity index (χ3n) is 3.18. The summed E-state index contributed by atoms with van der Waals surface area (Å²) in [6.07, 6.45) is 2.23. The Morgan fingerprint density at radius 3 is 2.42 bits per heavy atom. The summed E-state index contributed by atoms with van der Waals surface area (Å²) in [6, 6.07) is 11.6. The van der Waals surface area contributed by atoms with Gasteiger partial charge in [-0.25, -0.2) is 0 Å². The van der Waals surface area contributed by atoms with Crippen LogP contribution in [0.15, 0.2) is 47.1 Å². The number of benzene rings is 1. The van der Waals surface area contributed by atoms with E-state index >= 15 is 0 Å². The van der Waals surface area contributed by atoms with Crippen LogP contribution in [0.4, 0.5) is 5.69 Å². The number of ketones is 1. The van der Waals surface area contributed by atoms with E-state index in [1.165, 1.54) is 0 Å². The average Bonchev–Trinajstić information content (AvgIpc) is 2.97. The van der Waals surface area contributed by atoms with Gasteiger partial charge in [0, 0.05) is 24.2 Å². The van der Waals surface area contributed by atoms with Crippen molar-refractivity contribution in [3.8, 4) is 0 Å². The molecule has 2 rings (SSSR count). The maximum absolute atomic E-state index is 11.6. The van der Waals surface area contributed by atoms with Gasteiger partial charge in [-0.1, -0.05) is 6.92 Å². The summed E-state index contributed by atoms with van der Waals surface area (Å²) in [5.41, 5.74) is 1.88. The van der Waals surface area contributed by atoms with Gasteiger partial charge in [-0.15, -0.1) is 0 Å². The van der Waals surface area contributed by atoms with E-state index in [1.54, 1.807) is 6.26 Å². The lowest BCUT2D eigenvalue weighted by molar-refractivity contribution is 0.0988. The van der Waals surface area contributed by atoms with E-state index in [0.717, 1.165) is 30.1 Å². The van der Waals surface area contributed by atoms with E-state index in [9.17, 15) is 4.79 Å². The predicted octanol–water partition coefficient (Wildman–Crippen LogP) is 3.90. The number of hydrogen-bond acceptors (Lipinski definition) is 3. The van der Waals surface area contributed by atoms with E-state index in [1.807, 2.05) is 43.3 Å². The molecule has 0 atom stereocenters. The van der Waals surface area contributed by atoms with Gasteiger partial charge in [0.2, 0.25) is 0 Å². The molecule has 0 aliphatic heterocycles. The number of furan rings is 1. The molecular formula is C16H19NO2. The van der Waals surface area contributed by atoms with Crippen LogP contribution in [0.25, 0.3) is 0 Å². The monoisotopic (exact) mass is 257 g/mol. The molecule has 0 amide bonds. The van der Waals surface area contributed by atoms with Crippen molar-refractivity contribution in [2.75, 3.05) is 11.4 Å². The second-order valence-electron chi connectivity index (χ2n) is 4.42. The van der Waals surface area contributed by atoms with Crippen LogP contribution in [0.1, 0.15) is 36.4 Å². The van der Waals surface area contributed by atoms with E-state index in [0.29, 0.717) is 6.42 Å². The fourth-order valence-electron chi connectivity index (χ4n) is 2.04. The zero-order valence-electron chi connectivity index (χ0n) is 11.4. The molecule has 0 saturated carbocycles. The van der Waals surface area contributed by atoms with Gasteiger partial charge in [-0.3, -0.25) is 4.79 Å². The van der Waals surface area contributed by atoms with Gasteiger partial charge in [0.1, 0.15) is 5.76 Å². The van der Waals surface area contributed by atoms with Crippen molar-refractivity contribution in [2.24, 2.45) is 0 Å². The summed E-state index contributed by atoms with van der Waals surface area (Å²) < 4.78 is 5.37. The Kier molecular flexibility index (Phi) is 4.39. The Labute approximate surface area is 113 Å². The molecule has 3 nitrogen and oxygen atoms in total. The average molecular weight is 257 g/mol. The van der Waals surface area contributed by atoms with Crippen LogP contribution in [0.2, 0.25) is 0 Å². The first-order valence-corrected chi connectivity index (χ1v) is 6.65. The molecule has 0 spiro atoms. The van der Waals surface area contributed by atoms with E-state index < -0.39 is 0 Å². The lowest BCUT2D eigenvalue weighted by atomic mass is 10.1. The summed E-state index contributed by atoms with van der Waals surface area (Å²) in [4.78, 5) is 13.8. The molecule has 2 aromatic rings. The number of Topliss-reactive ketones (excluding diaryl/α,β-unsaturated/α-hetero) is 1. The molecule has 100 valence electrons. The van der Waals surface area contributed by atoms with E-state index in [-0.39, 0.29) is 5.78 Å². The molecule has 0 bridgehead atoms. The maximum Gasteiger partial charge on any atom is 0.162 e. The zero-order valence-corrected chi connectivity index (χ0v) is 11.4. The maximum atomic E-state index is 11.6. The molecule has 1 aromatic heterocycles. The smallest absolute Gasteiger partial charge is 0.162 e. The quantitative estimate of drug-likeness (QED) is 0.736. The molecule has 0 aliphatic carbocycles. The molecule has 1 aromatic carbocycles. The molecule has 19 heavy (non-hydrogen) atoms. The summed E-state index contributed by atoms with van der Waals surface area (Å²) in [5, 5.41) is 0. The van der Waals surface area contributed by atoms with Crippen LogP contribution in [0.3, 0.4) is 0 Å². The number of rotatable bonds is 6. The van der Waals surface area contributed by atoms with Gasteiger partial charge in [0.25, 0.3) is 0 Å². The van der Waals surface area contributed by atoms with Gasteiger partial charge < -0.3 is 9.32 Å². The fraction of sp³-hybridized carbons (Fsp3) is 0.312. The Morgan fingerprint density at radius 2 is 1.89 bits per heavy atom. The van der Waals surface area contributed by atoms with Crippen molar-refractivity contribution in [3.05, 3.63) is 54.0 Å². The van der Waals surface area contributed by atoms with Crippen molar-refractivity contribution < 1.29 is 9.21 Å².